The fourth-order valence-corrected chi connectivity index (χ4v) is 4.77. The van der Waals surface area contributed by atoms with E-state index in [2.05, 4.69) is 16.0 Å². The molecule has 2 aromatic rings. The average Bonchev–Trinajstić information content (AvgIpc) is 2.85. The van der Waals surface area contributed by atoms with Crippen molar-refractivity contribution in [1.82, 2.24) is 16.0 Å². The molecule has 206 valence electrons. The minimum Gasteiger partial charge on any atom is -0.445 e. The first-order valence-electron chi connectivity index (χ1n) is 12.9. The summed E-state index contributed by atoms with van der Waals surface area (Å²) in [6, 6.07) is 17.1. The van der Waals surface area contributed by atoms with E-state index in [1.54, 1.807) is 30.3 Å². The third-order valence-electron chi connectivity index (χ3n) is 6.50. The van der Waals surface area contributed by atoms with Crippen molar-refractivity contribution >= 4 is 25.5 Å². The molecule has 0 aromatic heterocycles. The van der Waals surface area contributed by atoms with Crippen LogP contribution >= 0.6 is 7.60 Å². The van der Waals surface area contributed by atoms with Crippen molar-refractivity contribution in [2.45, 2.75) is 63.4 Å². The van der Waals surface area contributed by atoms with Crippen molar-refractivity contribution in [1.29, 1.82) is 0 Å². The molecule has 38 heavy (non-hydrogen) atoms. The largest absolute Gasteiger partial charge is 0.445 e. The Morgan fingerprint density at radius 2 is 1.55 bits per heavy atom. The van der Waals surface area contributed by atoms with E-state index in [9.17, 15) is 28.7 Å². The SMILES string of the molecule is O=C(NCCCC[C@H](NC(=O)C1CCC1)C(=O)NC(Cc1ccccc1)P(=O)(O)O)OCc1ccccc1. The third kappa shape index (κ3) is 9.93. The van der Waals surface area contributed by atoms with Crippen LogP contribution in [0.5, 0.6) is 0 Å². The molecular formula is C27H36N3O7P. The van der Waals surface area contributed by atoms with Crippen LogP contribution in [0.1, 0.15) is 49.7 Å². The number of hydrogen-bond acceptors (Lipinski definition) is 5. The first-order valence-corrected chi connectivity index (χ1v) is 14.5. The van der Waals surface area contributed by atoms with Gasteiger partial charge in [-0.1, -0.05) is 67.1 Å². The van der Waals surface area contributed by atoms with Gasteiger partial charge in [-0.2, -0.15) is 0 Å². The molecule has 0 radical (unpaired) electrons. The lowest BCUT2D eigenvalue weighted by Gasteiger charge is -2.28. The standard InChI is InChI=1S/C27H36N3O7P/c31-25(22-14-9-15-22)29-23(16-7-8-17-28-27(33)37-19-21-12-5-2-6-13-21)26(32)30-24(38(34,35)36)18-20-10-3-1-4-11-20/h1-6,10-13,22-24H,7-9,14-19H2,(H,28,33)(H,29,31)(H,30,32)(H2,34,35,36)/t23-,24?/m0/s1. The second-order valence-electron chi connectivity index (χ2n) is 9.48. The van der Waals surface area contributed by atoms with Crippen LogP contribution in [-0.4, -0.2) is 46.1 Å². The fourth-order valence-electron chi connectivity index (χ4n) is 4.02. The summed E-state index contributed by atoms with van der Waals surface area (Å²) in [5.74, 6) is -2.43. The number of alkyl carbamates (subject to hydrolysis) is 1. The molecule has 5 N–H and O–H groups in total. The molecule has 0 spiro atoms. The van der Waals surface area contributed by atoms with E-state index >= 15 is 0 Å². The molecule has 1 aliphatic rings. The van der Waals surface area contributed by atoms with Gasteiger partial charge in [0.25, 0.3) is 0 Å². The fraction of sp³-hybridized carbons (Fsp3) is 0.444. The Morgan fingerprint density at radius 1 is 0.921 bits per heavy atom. The van der Waals surface area contributed by atoms with Crippen LogP contribution < -0.4 is 16.0 Å². The maximum atomic E-state index is 13.1. The maximum Gasteiger partial charge on any atom is 0.407 e. The van der Waals surface area contributed by atoms with Gasteiger partial charge in [0.1, 0.15) is 18.4 Å². The van der Waals surface area contributed by atoms with Gasteiger partial charge in [-0.15, -0.1) is 0 Å². The quantitative estimate of drug-likeness (QED) is 0.180. The van der Waals surface area contributed by atoms with E-state index in [1.807, 2.05) is 30.3 Å². The van der Waals surface area contributed by atoms with E-state index < -0.39 is 31.4 Å². The second kappa shape index (κ2) is 14.7. The zero-order valence-corrected chi connectivity index (χ0v) is 22.1. The number of carbonyl (C=O) groups excluding carboxylic acids is 3. The molecule has 0 bridgehead atoms. The van der Waals surface area contributed by atoms with Gasteiger partial charge in [-0.25, -0.2) is 4.79 Å². The highest BCUT2D eigenvalue weighted by Gasteiger charge is 2.34. The van der Waals surface area contributed by atoms with Gasteiger partial charge in [0, 0.05) is 18.9 Å². The summed E-state index contributed by atoms with van der Waals surface area (Å²) in [6.45, 7) is 0.476. The van der Waals surface area contributed by atoms with E-state index in [0.717, 1.165) is 24.8 Å². The van der Waals surface area contributed by atoms with Crippen LogP contribution in [0.3, 0.4) is 0 Å². The Labute approximate surface area is 222 Å². The number of nitrogens with one attached hydrogen (secondary N) is 3. The van der Waals surface area contributed by atoms with Crippen molar-refractivity contribution in [2.75, 3.05) is 6.54 Å². The monoisotopic (exact) mass is 545 g/mol. The van der Waals surface area contributed by atoms with Gasteiger partial charge in [0.05, 0.1) is 0 Å². The van der Waals surface area contributed by atoms with Gasteiger partial charge < -0.3 is 30.5 Å². The number of hydrogen-bond donors (Lipinski definition) is 5. The first-order chi connectivity index (χ1) is 18.2. The molecule has 2 aromatic carbocycles. The summed E-state index contributed by atoms with van der Waals surface area (Å²) in [5, 5.41) is 7.89. The number of unbranched alkanes of at least 4 members (excludes halogenated alkanes) is 1. The predicted octanol–water partition coefficient (Wildman–Crippen LogP) is 3.23. The lowest BCUT2D eigenvalue weighted by molar-refractivity contribution is -0.133. The lowest BCUT2D eigenvalue weighted by Crippen LogP contribution is -2.51. The number of carbonyl (C=O) groups is 3. The van der Waals surface area contributed by atoms with Crippen LogP contribution in [0.25, 0.3) is 0 Å². The summed E-state index contributed by atoms with van der Waals surface area (Å²) in [6.07, 6.45) is 3.14. The van der Waals surface area contributed by atoms with E-state index in [4.69, 9.17) is 4.74 Å². The van der Waals surface area contributed by atoms with Crippen molar-refractivity contribution in [2.24, 2.45) is 5.92 Å². The zero-order valence-electron chi connectivity index (χ0n) is 21.3. The molecule has 1 saturated carbocycles. The molecule has 1 unspecified atom stereocenters. The first kappa shape index (κ1) is 29.4. The van der Waals surface area contributed by atoms with Crippen LogP contribution in [0, 0.1) is 5.92 Å². The normalized spacial score (nSPS) is 15.0. The molecule has 1 fully saturated rings. The van der Waals surface area contributed by atoms with Gasteiger partial charge in [-0.05, 0) is 43.2 Å². The van der Waals surface area contributed by atoms with Crippen molar-refractivity contribution < 1.29 is 33.5 Å². The third-order valence-corrected chi connectivity index (χ3v) is 7.62. The Kier molecular flexibility index (Phi) is 11.3. The highest BCUT2D eigenvalue weighted by atomic mass is 31.2. The van der Waals surface area contributed by atoms with Crippen LogP contribution in [0.2, 0.25) is 0 Å². The van der Waals surface area contributed by atoms with Crippen molar-refractivity contribution in [3.8, 4) is 0 Å². The molecule has 0 heterocycles. The van der Waals surface area contributed by atoms with E-state index in [-0.39, 0.29) is 31.3 Å². The molecule has 3 rings (SSSR count). The number of amides is 3. The number of ether oxygens (including phenoxy) is 1. The minimum atomic E-state index is -4.67. The Morgan fingerprint density at radius 3 is 2.13 bits per heavy atom. The summed E-state index contributed by atoms with van der Waals surface area (Å²) in [4.78, 5) is 57.3. The molecule has 0 aliphatic heterocycles. The molecule has 10 nitrogen and oxygen atoms in total. The summed E-state index contributed by atoms with van der Waals surface area (Å²) < 4.78 is 17.3. The summed E-state index contributed by atoms with van der Waals surface area (Å²) in [5.41, 5.74) is 1.54. The molecule has 1 aliphatic carbocycles. The number of benzene rings is 2. The second-order valence-corrected chi connectivity index (χ2v) is 11.3. The highest BCUT2D eigenvalue weighted by molar-refractivity contribution is 7.52. The summed E-state index contributed by atoms with van der Waals surface area (Å²) >= 11 is 0. The highest BCUT2D eigenvalue weighted by Crippen LogP contribution is 2.41. The van der Waals surface area contributed by atoms with Crippen LogP contribution in [0.4, 0.5) is 4.79 Å². The molecular weight excluding hydrogens is 509 g/mol. The van der Waals surface area contributed by atoms with Crippen LogP contribution in [-0.2, 0) is 31.9 Å². The molecule has 11 heteroatoms. The van der Waals surface area contributed by atoms with E-state index in [0.29, 0.717) is 24.9 Å². The lowest BCUT2D eigenvalue weighted by atomic mass is 9.84. The Bertz CT molecular complexity index is 1090. The van der Waals surface area contributed by atoms with Crippen molar-refractivity contribution in [3.63, 3.8) is 0 Å². The molecule has 0 saturated heterocycles. The van der Waals surface area contributed by atoms with Gasteiger partial charge in [-0.3, -0.25) is 14.2 Å². The topological polar surface area (TPSA) is 154 Å². The molecule has 2 atom stereocenters. The predicted molar refractivity (Wildman–Crippen MR) is 142 cm³/mol. The number of rotatable bonds is 14. The van der Waals surface area contributed by atoms with E-state index in [1.165, 1.54) is 0 Å². The smallest absolute Gasteiger partial charge is 0.407 e. The van der Waals surface area contributed by atoms with Gasteiger partial charge in [0.15, 0.2) is 0 Å². The van der Waals surface area contributed by atoms with Crippen LogP contribution in [0.15, 0.2) is 60.7 Å². The Hall–Kier alpha value is -3.20. The molecule has 3 amide bonds. The minimum absolute atomic E-state index is 0.0465. The maximum absolute atomic E-state index is 13.1. The summed E-state index contributed by atoms with van der Waals surface area (Å²) in [7, 11) is -4.67. The van der Waals surface area contributed by atoms with Crippen molar-refractivity contribution in [3.05, 3.63) is 71.8 Å². The average molecular weight is 546 g/mol. The zero-order chi connectivity index (χ0) is 27.4. The van der Waals surface area contributed by atoms with Gasteiger partial charge in [0.2, 0.25) is 11.8 Å². The van der Waals surface area contributed by atoms with Gasteiger partial charge >= 0.3 is 13.7 Å². The Balaban J connectivity index is 1.50.